The number of hydrogen-bond donors (Lipinski definition) is 1. The Morgan fingerprint density at radius 3 is 3.05 bits per heavy atom. The molecule has 3 rings (SSSR count). The summed E-state index contributed by atoms with van der Waals surface area (Å²) < 4.78 is 7.03. The minimum Gasteiger partial charge on any atom is -0.334 e. The van der Waals surface area contributed by atoms with Crippen LogP contribution in [0.15, 0.2) is 16.9 Å². The van der Waals surface area contributed by atoms with E-state index in [4.69, 9.17) is 10.3 Å². The normalized spacial score (nSPS) is 27.6. The molecule has 2 N–H and O–H groups in total. The van der Waals surface area contributed by atoms with Gasteiger partial charge in [-0.2, -0.15) is 10.1 Å². The van der Waals surface area contributed by atoms with Gasteiger partial charge in [0.2, 0.25) is 0 Å². The Hall–Kier alpha value is -1.69. The van der Waals surface area contributed by atoms with Gasteiger partial charge in [-0.15, -0.1) is 0 Å². The molecule has 1 fully saturated rings. The second-order valence-corrected chi connectivity index (χ2v) is 5.68. The topological polar surface area (TPSA) is 82.8 Å². The lowest BCUT2D eigenvalue weighted by molar-refractivity contribution is 0.222. The van der Waals surface area contributed by atoms with Gasteiger partial charge in [0.25, 0.3) is 5.89 Å². The van der Waals surface area contributed by atoms with Crippen LogP contribution >= 0.6 is 0 Å². The van der Waals surface area contributed by atoms with E-state index in [1.807, 2.05) is 13.2 Å². The van der Waals surface area contributed by atoms with E-state index < -0.39 is 5.54 Å². The SMILES string of the molecule is CC1CCCC(N)(c2noc(-c3cnn(C)c3)n2)C1. The summed E-state index contributed by atoms with van der Waals surface area (Å²) in [6, 6.07) is 0. The molecule has 2 aromatic heterocycles. The van der Waals surface area contributed by atoms with Crippen LogP contribution in [0.5, 0.6) is 0 Å². The fourth-order valence-corrected chi connectivity index (χ4v) is 2.87. The van der Waals surface area contributed by atoms with Crippen molar-refractivity contribution in [3.05, 3.63) is 18.2 Å². The van der Waals surface area contributed by atoms with Crippen LogP contribution < -0.4 is 5.73 Å². The number of rotatable bonds is 2. The largest absolute Gasteiger partial charge is 0.334 e. The van der Waals surface area contributed by atoms with E-state index in [1.165, 1.54) is 6.42 Å². The van der Waals surface area contributed by atoms with Crippen LogP contribution in [0.4, 0.5) is 0 Å². The molecule has 0 bridgehead atoms. The molecular formula is C13H19N5O. The zero-order valence-corrected chi connectivity index (χ0v) is 11.3. The lowest BCUT2D eigenvalue weighted by Gasteiger charge is -2.33. The Morgan fingerprint density at radius 1 is 1.53 bits per heavy atom. The minimum absolute atomic E-state index is 0.443. The molecule has 0 saturated heterocycles. The molecular weight excluding hydrogens is 242 g/mol. The maximum absolute atomic E-state index is 6.46. The summed E-state index contributed by atoms with van der Waals surface area (Å²) in [7, 11) is 1.86. The molecule has 0 amide bonds. The van der Waals surface area contributed by atoms with Crippen molar-refractivity contribution in [3.63, 3.8) is 0 Å². The maximum atomic E-state index is 6.46. The third kappa shape index (κ3) is 2.28. The number of hydrogen-bond acceptors (Lipinski definition) is 5. The molecule has 0 aliphatic heterocycles. The van der Waals surface area contributed by atoms with Crippen LogP contribution in [0.1, 0.15) is 38.4 Å². The minimum atomic E-state index is -0.443. The van der Waals surface area contributed by atoms with Crippen molar-refractivity contribution >= 4 is 0 Å². The molecule has 2 atom stereocenters. The van der Waals surface area contributed by atoms with Gasteiger partial charge in [-0.3, -0.25) is 4.68 Å². The van der Waals surface area contributed by atoms with E-state index in [0.29, 0.717) is 17.6 Å². The molecule has 1 aliphatic carbocycles. The first-order valence-electron chi connectivity index (χ1n) is 6.69. The number of aryl methyl sites for hydroxylation is 1. The van der Waals surface area contributed by atoms with E-state index in [-0.39, 0.29) is 0 Å². The van der Waals surface area contributed by atoms with Crippen LogP contribution in [-0.2, 0) is 12.6 Å². The van der Waals surface area contributed by atoms with Crippen molar-refractivity contribution < 1.29 is 4.52 Å². The van der Waals surface area contributed by atoms with Crippen LogP contribution in [0.25, 0.3) is 11.5 Å². The molecule has 1 aliphatic rings. The van der Waals surface area contributed by atoms with Gasteiger partial charge < -0.3 is 10.3 Å². The second kappa shape index (κ2) is 4.45. The first-order chi connectivity index (χ1) is 9.07. The van der Waals surface area contributed by atoms with E-state index in [9.17, 15) is 0 Å². The van der Waals surface area contributed by atoms with Gasteiger partial charge in [-0.1, -0.05) is 24.9 Å². The molecule has 2 unspecified atom stereocenters. The predicted octanol–water partition coefficient (Wildman–Crippen LogP) is 1.83. The van der Waals surface area contributed by atoms with Gasteiger partial charge >= 0.3 is 0 Å². The van der Waals surface area contributed by atoms with Gasteiger partial charge in [-0.25, -0.2) is 0 Å². The first-order valence-corrected chi connectivity index (χ1v) is 6.69. The molecule has 19 heavy (non-hydrogen) atoms. The standard InChI is InChI=1S/C13H19N5O/c1-9-4-3-5-13(14,6-9)12-16-11(19-17-12)10-7-15-18(2)8-10/h7-9H,3-6,14H2,1-2H3. The molecule has 0 radical (unpaired) electrons. The summed E-state index contributed by atoms with van der Waals surface area (Å²) >= 11 is 0. The lowest BCUT2D eigenvalue weighted by Crippen LogP contribution is -2.42. The summed E-state index contributed by atoms with van der Waals surface area (Å²) in [4.78, 5) is 4.47. The molecule has 102 valence electrons. The molecule has 0 spiro atoms. The Labute approximate surface area is 112 Å². The van der Waals surface area contributed by atoms with Crippen molar-refractivity contribution in [1.82, 2.24) is 19.9 Å². The molecule has 2 aromatic rings. The summed E-state index contributed by atoms with van der Waals surface area (Å²) in [5, 5.41) is 8.19. The summed E-state index contributed by atoms with van der Waals surface area (Å²) in [5.41, 5.74) is 6.85. The Bertz CT molecular complexity index is 575. The third-order valence-electron chi connectivity index (χ3n) is 3.86. The highest BCUT2D eigenvalue weighted by molar-refractivity contribution is 5.49. The fourth-order valence-electron chi connectivity index (χ4n) is 2.87. The molecule has 6 heteroatoms. The molecule has 0 aromatic carbocycles. The Morgan fingerprint density at radius 2 is 2.37 bits per heavy atom. The molecule has 2 heterocycles. The van der Waals surface area contributed by atoms with E-state index in [1.54, 1.807) is 10.9 Å². The van der Waals surface area contributed by atoms with Gasteiger partial charge in [0.15, 0.2) is 5.82 Å². The van der Waals surface area contributed by atoms with Gasteiger partial charge in [-0.05, 0) is 18.8 Å². The van der Waals surface area contributed by atoms with Crippen molar-refractivity contribution in [2.24, 2.45) is 18.7 Å². The van der Waals surface area contributed by atoms with Gasteiger partial charge in [0.1, 0.15) is 0 Å². The van der Waals surface area contributed by atoms with Crippen molar-refractivity contribution in [3.8, 4) is 11.5 Å². The lowest BCUT2D eigenvalue weighted by atomic mass is 9.76. The highest BCUT2D eigenvalue weighted by Gasteiger charge is 2.37. The summed E-state index contributed by atoms with van der Waals surface area (Å²) in [6.45, 7) is 2.23. The smallest absolute Gasteiger partial charge is 0.261 e. The molecule has 6 nitrogen and oxygen atoms in total. The van der Waals surface area contributed by atoms with Crippen molar-refractivity contribution in [1.29, 1.82) is 0 Å². The Balaban J connectivity index is 1.88. The summed E-state index contributed by atoms with van der Waals surface area (Å²) in [6.07, 6.45) is 7.75. The van der Waals surface area contributed by atoms with Crippen molar-refractivity contribution in [2.45, 2.75) is 38.1 Å². The average molecular weight is 261 g/mol. The van der Waals surface area contributed by atoms with Gasteiger partial charge in [0.05, 0.1) is 17.3 Å². The zero-order chi connectivity index (χ0) is 13.5. The van der Waals surface area contributed by atoms with Crippen LogP contribution in [-0.4, -0.2) is 19.9 Å². The summed E-state index contributed by atoms with van der Waals surface area (Å²) in [5.74, 6) is 1.73. The highest BCUT2D eigenvalue weighted by atomic mass is 16.5. The van der Waals surface area contributed by atoms with Crippen molar-refractivity contribution in [2.75, 3.05) is 0 Å². The average Bonchev–Trinajstić information content (AvgIpc) is 2.96. The maximum Gasteiger partial charge on any atom is 0.261 e. The van der Waals surface area contributed by atoms with E-state index in [2.05, 4.69) is 22.2 Å². The highest BCUT2D eigenvalue weighted by Crippen LogP contribution is 2.36. The number of aromatic nitrogens is 4. The number of nitrogens with two attached hydrogens (primary N) is 1. The quantitative estimate of drug-likeness (QED) is 0.891. The third-order valence-corrected chi connectivity index (χ3v) is 3.86. The van der Waals surface area contributed by atoms with E-state index in [0.717, 1.165) is 24.8 Å². The van der Waals surface area contributed by atoms with E-state index >= 15 is 0 Å². The van der Waals surface area contributed by atoms with Crippen LogP contribution in [0.3, 0.4) is 0 Å². The monoisotopic (exact) mass is 261 g/mol. The second-order valence-electron chi connectivity index (χ2n) is 5.68. The van der Waals surface area contributed by atoms with Crippen LogP contribution in [0, 0.1) is 5.92 Å². The van der Waals surface area contributed by atoms with Gasteiger partial charge in [0, 0.05) is 13.2 Å². The van der Waals surface area contributed by atoms with Crippen LogP contribution in [0.2, 0.25) is 0 Å². The Kier molecular flexibility index (Phi) is 2.89. The predicted molar refractivity (Wildman–Crippen MR) is 70.0 cm³/mol. The first kappa shape index (κ1) is 12.3. The zero-order valence-electron chi connectivity index (χ0n) is 11.3. The molecule has 1 saturated carbocycles. The number of nitrogens with zero attached hydrogens (tertiary/aromatic N) is 4. The fraction of sp³-hybridized carbons (Fsp3) is 0.615.